The van der Waals surface area contributed by atoms with Crippen molar-refractivity contribution in [2.24, 2.45) is 5.92 Å². The molecule has 0 aliphatic carbocycles. The monoisotopic (exact) mass is 172 g/mol. The zero-order chi connectivity index (χ0) is 9.56. The van der Waals surface area contributed by atoms with Gasteiger partial charge in [0.1, 0.15) is 0 Å². The lowest BCUT2D eigenvalue weighted by molar-refractivity contribution is -0.120. The summed E-state index contributed by atoms with van der Waals surface area (Å²) in [5.74, 6) is 0.643. The molecule has 2 N–H and O–H groups in total. The number of carbonyl (C=O) groups is 1. The maximum Gasteiger partial charge on any atom is 0.233 e. The van der Waals surface area contributed by atoms with Gasteiger partial charge in [-0.25, -0.2) is 0 Å². The van der Waals surface area contributed by atoms with Crippen molar-refractivity contribution in [3.63, 3.8) is 0 Å². The molecule has 0 aliphatic heterocycles. The van der Waals surface area contributed by atoms with Gasteiger partial charge in [0.2, 0.25) is 5.91 Å². The van der Waals surface area contributed by atoms with E-state index in [9.17, 15) is 4.79 Å². The van der Waals surface area contributed by atoms with Crippen LogP contribution in [0.4, 0.5) is 0 Å². The molecule has 0 spiro atoms. The third kappa shape index (κ3) is 5.13. The number of amides is 1. The molecule has 0 saturated carbocycles. The SMILES string of the molecule is CCNC(=O)CNC(C)C(C)C. The van der Waals surface area contributed by atoms with Gasteiger partial charge in [-0.2, -0.15) is 0 Å². The Morgan fingerprint density at radius 2 is 1.92 bits per heavy atom. The third-order valence-corrected chi connectivity index (χ3v) is 1.96. The maximum absolute atomic E-state index is 11.0. The summed E-state index contributed by atoms with van der Waals surface area (Å²) in [6.45, 7) is 9.40. The summed E-state index contributed by atoms with van der Waals surface area (Å²) >= 11 is 0. The molecule has 1 amide bonds. The van der Waals surface area contributed by atoms with Gasteiger partial charge in [-0.05, 0) is 19.8 Å². The Balaban J connectivity index is 3.47. The normalized spacial score (nSPS) is 13.1. The third-order valence-electron chi connectivity index (χ3n) is 1.96. The smallest absolute Gasteiger partial charge is 0.233 e. The zero-order valence-corrected chi connectivity index (χ0v) is 8.48. The lowest BCUT2D eigenvalue weighted by Gasteiger charge is -2.16. The maximum atomic E-state index is 11.0. The highest BCUT2D eigenvalue weighted by Crippen LogP contribution is 1.98. The highest BCUT2D eigenvalue weighted by molar-refractivity contribution is 5.77. The second-order valence-corrected chi connectivity index (χ2v) is 3.37. The van der Waals surface area contributed by atoms with E-state index in [1.54, 1.807) is 0 Å². The van der Waals surface area contributed by atoms with Crippen LogP contribution in [0.1, 0.15) is 27.7 Å². The van der Waals surface area contributed by atoms with Crippen molar-refractivity contribution >= 4 is 5.91 Å². The Bertz CT molecular complexity index is 134. The second-order valence-electron chi connectivity index (χ2n) is 3.37. The van der Waals surface area contributed by atoms with E-state index in [2.05, 4.69) is 31.4 Å². The van der Waals surface area contributed by atoms with Gasteiger partial charge in [0, 0.05) is 12.6 Å². The van der Waals surface area contributed by atoms with Gasteiger partial charge in [0.25, 0.3) is 0 Å². The summed E-state index contributed by atoms with van der Waals surface area (Å²) in [7, 11) is 0. The average molecular weight is 172 g/mol. The summed E-state index contributed by atoms with van der Waals surface area (Å²) in [5, 5.41) is 5.89. The molecule has 72 valence electrons. The molecular weight excluding hydrogens is 152 g/mol. The number of likely N-dealkylation sites (N-methyl/N-ethyl adjacent to an activating group) is 1. The van der Waals surface area contributed by atoms with E-state index in [1.807, 2.05) is 6.92 Å². The predicted molar refractivity (Wildman–Crippen MR) is 51.0 cm³/mol. The van der Waals surface area contributed by atoms with Crippen molar-refractivity contribution in [3.05, 3.63) is 0 Å². The molecule has 12 heavy (non-hydrogen) atoms. The van der Waals surface area contributed by atoms with Gasteiger partial charge in [0.05, 0.1) is 6.54 Å². The molecule has 3 heteroatoms. The molecule has 1 atom stereocenters. The van der Waals surface area contributed by atoms with Crippen LogP contribution in [0.3, 0.4) is 0 Å². The summed E-state index contributed by atoms with van der Waals surface area (Å²) in [5.41, 5.74) is 0. The molecular formula is C9H20N2O. The van der Waals surface area contributed by atoms with E-state index >= 15 is 0 Å². The van der Waals surface area contributed by atoms with Crippen LogP contribution >= 0.6 is 0 Å². The summed E-state index contributed by atoms with van der Waals surface area (Å²) < 4.78 is 0. The quantitative estimate of drug-likeness (QED) is 0.642. The Morgan fingerprint density at radius 3 is 2.33 bits per heavy atom. The molecule has 1 unspecified atom stereocenters. The summed E-state index contributed by atoms with van der Waals surface area (Å²) in [6, 6.07) is 0.396. The molecule has 0 rings (SSSR count). The Labute approximate surface area is 74.9 Å². The fraction of sp³-hybridized carbons (Fsp3) is 0.889. The lowest BCUT2D eigenvalue weighted by atomic mass is 10.1. The fourth-order valence-corrected chi connectivity index (χ4v) is 0.749. The molecule has 0 saturated heterocycles. The highest BCUT2D eigenvalue weighted by Gasteiger charge is 2.07. The van der Waals surface area contributed by atoms with Crippen LogP contribution in [-0.2, 0) is 4.79 Å². The molecule has 0 aromatic heterocycles. The van der Waals surface area contributed by atoms with Crippen molar-refractivity contribution in [2.75, 3.05) is 13.1 Å². The summed E-state index contributed by atoms with van der Waals surface area (Å²) in [6.07, 6.45) is 0. The van der Waals surface area contributed by atoms with Crippen molar-refractivity contribution in [3.8, 4) is 0 Å². The molecule has 0 heterocycles. The van der Waals surface area contributed by atoms with Crippen LogP contribution in [0, 0.1) is 5.92 Å². The van der Waals surface area contributed by atoms with Crippen LogP contribution in [0.15, 0.2) is 0 Å². The van der Waals surface area contributed by atoms with E-state index < -0.39 is 0 Å². The Morgan fingerprint density at radius 1 is 1.33 bits per heavy atom. The molecule has 0 fully saturated rings. The molecule has 0 bridgehead atoms. The molecule has 0 aliphatic rings. The zero-order valence-electron chi connectivity index (χ0n) is 8.48. The van der Waals surface area contributed by atoms with Crippen LogP contribution < -0.4 is 10.6 Å². The minimum absolute atomic E-state index is 0.0741. The number of rotatable bonds is 5. The largest absolute Gasteiger partial charge is 0.355 e. The van der Waals surface area contributed by atoms with Crippen LogP contribution in [0.25, 0.3) is 0 Å². The van der Waals surface area contributed by atoms with E-state index in [-0.39, 0.29) is 5.91 Å². The number of hydrogen-bond donors (Lipinski definition) is 2. The first-order chi connectivity index (χ1) is 5.57. The summed E-state index contributed by atoms with van der Waals surface area (Å²) in [4.78, 5) is 11.0. The van der Waals surface area contributed by atoms with E-state index in [0.717, 1.165) is 0 Å². The minimum Gasteiger partial charge on any atom is -0.355 e. The van der Waals surface area contributed by atoms with Crippen molar-refractivity contribution in [1.29, 1.82) is 0 Å². The van der Waals surface area contributed by atoms with E-state index in [4.69, 9.17) is 0 Å². The number of nitrogens with one attached hydrogen (secondary N) is 2. The van der Waals surface area contributed by atoms with Gasteiger partial charge in [-0.3, -0.25) is 4.79 Å². The average Bonchev–Trinajstić information content (AvgIpc) is 2.00. The standard InChI is InChI=1S/C9H20N2O/c1-5-10-9(12)6-11-8(4)7(2)3/h7-8,11H,5-6H2,1-4H3,(H,10,12). The van der Waals surface area contributed by atoms with E-state index in [1.165, 1.54) is 0 Å². The predicted octanol–water partition coefficient (Wildman–Crippen LogP) is 0.757. The van der Waals surface area contributed by atoms with Crippen LogP contribution in [-0.4, -0.2) is 25.0 Å². The lowest BCUT2D eigenvalue weighted by Crippen LogP contribution is -2.39. The molecule has 0 radical (unpaired) electrons. The van der Waals surface area contributed by atoms with Crippen molar-refractivity contribution in [2.45, 2.75) is 33.7 Å². The number of carbonyl (C=O) groups excluding carboxylic acids is 1. The first-order valence-corrected chi connectivity index (χ1v) is 4.58. The van der Waals surface area contributed by atoms with Crippen LogP contribution in [0.5, 0.6) is 0 Å². The van der Waals surface area contributed by atoms with Crippen LogP contribution in [0.2, 0.25) is 0 Å². The molecule has 0 aromatic carbocycles. The van der Waals surface area contributed by atoms with E-state index in [0.29, 0.717) is 25.0 Å². The second kappa shape index (κ2) is 6.00. The first kappa shape index (κ1) is 11.4. The van der Waals surface area contributed by atoms with Gasteiger partial charge < -0.3 is 10.6 Å². The first-order valence-electron chi connectivity index (χ1n) is 4.58. The fourth-order valence-electron chi connectivity index (χ4n) is 0.749. The van der Waals surface area contributed by atoms with Gasteiger partial charge in [-0.15, -0.1) is 0 Å². The Hall–Kier alpha value is -0.570. The van der Waals surface area contributed by atoms with Gasteiger partial charge >= 0.3 is 0 Å². The van der Waals surface area contributed by atoms with Crippen molar-refractivity contribution in [1.82, 2.24) is 10.6 Å². The highest BCUT2D eigenvalue weighted by atomic mass is 16.1. The molecule has 3 nitrogen and oxygen atoms in total. The minimum atomic E-state index is 0.0741. The Kier molecular flexibility index (Phi) is 5.72. The van der Waals surface area contributed by atoms with Gasteiger partial charge in [-0.1, -0.05) is 13.8 Å². The topological polar surface area (TPSA) is 41.1 Å². The number of hydrogen-bond acceptors (Lipinski definition) is 2. The van der Waals surface area contributed by atoms with Gasteiger partial charge in [0.15, 0.2) is 0 Å². The molecule has 0 aromatic rings. The van der Waals surface area contributed by atoms with Crippen molar-refractivity contribution < 1.29 is 4.79 Å².